The van der Waals surface area contributed by atoms with Crippen LogP contribution in [0.4, 0.5) is 4.79 Å². The van der Waals surface area contributed by atoms with E-state index in [2.05, 4.69) is 10.3 Å². The summed E-state index contributed by atoms with van der Waals surface area (Å²) >= 11 is 11.9. The van der Waals surface area contributed by atoms with Crippen LogP contribution in [0.5, 0.6) is 0 Å². The monoisotopic (exact) mass is 307 g/mol. The third-order valence-corrected chi connectivity index (χ3v) is 3.21. The van der Waals surface area contributed by atoms with Gasteiger partial charge in [-0.05, 0) is 33.6 Å². The van der Waals surface area contributed by atoms with Crippen molar-refractivity contribution in [3.05, 3.63) is 0 Å². The Kier molecular flexibility index (Phi) is 6.40. The van der Waals surface area contributed by atoms with Gasteiger partial charge in [0.1, 0.15) is 5.84 Å². The van der Waals surface area contributed by atoms with Crippen molar-refractivity contribution < 1.29 is 4.79 Å². The van der Waals surface area contributed by atoms with E-state index in [0.29, 0.717) is 5.84 Å². The summed E-state index contributed by atoms with van der Waals surface area (Å²) in [6, 6.07) is -0.391. The molecule has 1 rings (SSSR count). The largest absolute Gasteiger partial charge is 0.358 e. The summed E-state index contributed by atoms with van der Waals surface area (Å²) in [4.78, 5) is 17.2. The van der Waals surface area contributed by atoms with E-state index in [1.165, 1.54) is 12.8 Å². The topological polar surface area (TPSA) is 44.7 Å². The summed E-state index contributed by atoms with van der Waals surface area (Å²) in [5, 5.41) is 2.79. The van der Waals surface area contributed by atoms with E-state index in [1.54, 1.807) is 0 Å². The van der Waals surface area contributed by atoms with Crippen LogP contribution in [-0.2, 0) is 0 Å². The molecule has 0 saturated carbocycles. The number of nitrogens with one attached hydrogen (secondary N) is 1. The van der Waals surface area contributed by atoms with Crippen molar-refractivity contribution in [2.75, 3.05) is 13.1 Å². The molecule has 1 aliphatic rings. The van der Waals surface area contributed by atoms with E-state index in [9.17, 15) is 4.79 Å². The van der Waals surface area contributed by atoms with Gasteiger partial charge in [-0.15, -0.1) is 0 Å². The van der Waals surface area contributed by atoms with E-state index >= 15 is 0 Å². The molecule has 1 saturated heterocycles. The van der Waals surface area contributed by atoms with Gasteiger partial charge in [0.15, 0.2) is 4.84 Å². The normalized spacial score (nSPS) is 18.4. The minimum Gasteiger partial charge on any atom is -0.358 e. The first-order valence-electron chi connectivity index (χ1n) is 6.73. The van der Waals surface area contributed by atoms with E-state index in [4.69, 9.17) is 23.2 Å². The van der Waals surface area contributed by atoms with Gasteiger partial charge < -0.3 is 10.2 Å². The zero-order valence-electron chi connectivity index (χ0n) is 11.9. The highest BCUT2D eigenvalue weighted by atomic mass is 35.5. The van der Waals surface area contributed by atoms with Crippen LogP contribution in [0.2, 0.25) is 0 Å². The molecule has 1 aliphatic heterocycles. The van der Waals surface area contributed by atoms with Crippen molar-refractivity contribution in [2.45, 2.75) is 56.8 Å². The minimum atomic E-state index is -0.774. The van der Waals surface area contributed by atoms with Crippen molar-refractivity contribution in [1.29, 1.82) is 0 Å². The second-order valence-electron chi connectivity index (χ2n) is 5.85. The Labute approximate surface area is 125 Å². The lowest BCUT2D eigenvalue weighted by Crippen LogP contribution is -2.42. The highest BCUT2D eigenvalue weighted by molar-refractivity contribution is 6.54. The van der Waals surface area contributed by atoms with Crippen LogP contribution in [0.25, 0.3) is 0 Å². The first-order valence-corrected chi connectivity index (χ1v) is 7.61. The molecular weight excluding hydrogens is 285 g/mol. The van der Waals surface area contributed by atoms with Gasteiger partial charge in [-0.25, -0.2) is 4.79 Å². The second kappa shape index (κ2) is 7.34. The van der Waals surface area contributed by atoms with Crippen LogP contribution in [0.15, 0.2) is 4.99 Å². The number of hydrogen-bond acceptors (Lipinski definition) is 1. The summed E-state index contributed by atoms with van der Waals surface area (Å²) in [7, 11) is 0. The quantitative estimate of drug-likeness (QED) is 0.457. The Morgan fingerprint density at radius 2 is 1.68 bits per heavy atom. The van der Waals surface area contributed by atoms with Crippen molar-refractivity contribution in [3.63, 3.8) is 0 Å². The number of aliphatic imine (C=N–C) groups is 1. The van der Waals surface area contributed by atoms with Crippen LogP contribution in [-0.4, -0.2) is 40.2 Å². The predicted octanol–water partition coefficient (Wildman–Crippen LogP) is 3.57. The number of carbonyl (C=O) groups excluding carboxylic acids is 1. The second-order valence-corrected chi connectivity index (χ2v) is 6.95. The van der Waals surface area contributed by atoms with Crippen molar-refractivity contribution in [1.82, 2.24) is 10.2 Å². The number of hydrogen-bond donors (Lipinski definition) is 1. The smallest absolute Gasteiger partial charge is 0.343 e. The molecule has 1 N–H and O–H groups in total. The molecular formula is C13H23Cl2N3O. The predicted molar refractivity (Wildman–Crippen MR) is 81.3 cm³/mol. The van der Waals surface area contributed by atoms with Gasteiger partial charge in [0.2, 0.25) is 0 Å². The molecule has 0 atom stereocenters. The van der Waals surface area contributed by atoms with Gasteiger partial charge in [0.05, 0.1) is 0 Å². The maximum atomic E-state index is 11.9. The molecule has 0 bridgehead atoms. The molecule has 0 aromatic rings. The molecule has 4 nitrogen and oxygen atoms in total. The molecule has 0 aromatic carbocycles. The van der Waals surface area contributed by atoms with E-state index < -0.39 is 10.9 Å². The van der Waals surface area contributed by atoms with E-state index in [-0.39, 0.29) is 5.54 Å². The maximum Gasteiger partial charge on any atom is 0.343 e. The molecule has 0 spiro atoms. The lowest BCUT2D eigenvalue weighted by molar-refractivity contribution is 0.240. The van der Waals surface area contributed by atoms with Crippen LogP contribution in [0.1, 0.15) is 46.5 Å². The van der Waals surface area contributed by atoms with E-state index in [0.717, 1.165) is 25.9 Å². The fraction of sp³-hybridized carbons (Fsp3) is 0.846. The van der Waals surface area contributed by atoms with Gasteiger partial charge in [-0.2, -0.15) is 4.99 Å². The maximum absolute atomic E-state index is 11.9. The van der Waals surface area contributed by atoms with Gasteiger partial charge in [-0.1, -0.05) is 36.0 Å². The fourth-order valence-corrected chi connectivity index (χ4v) is 2.38. The molecule has 0 aliphatic carbocycles. The van der Waals surface area contributed by atoms with Crippen molar-refractivity contribution >= 4 is 35.1 Å². The number of urea groups is 1. The Bertz CT molecular complexity index is 329. The lowest BCUT2D eigenvalue weighted by atomic mass is 10.1. The average Bonchev–Trinajstić information content (AvgIpc) is 2.51. The lowest BCUT2D eigenvalue weighted by Gasteiger charge is -2.25. The van der Waals surface area contributed by atoms with Crippen LogP contribution >= 0.6 is 23.2 Å². The number of amidine groups is 1. The van der Waals surface area contributed by atoms with Crippen LogP contribution in [0, 0.1) is 0 Å². The molecule has 1 fully saturated rings. The van der Waals surface area contributed by atoms with Crippen molar-refractivity contribution in [2.24, 2.45) is 4.99 Å². The fourth-order valence-electron chi connectivity index (χ4n) is 2.01. The zero-order chi connectivity index (χ0) is 14.5. The Hall–Kier alpha value is -0.480. The molecule has 0 radical (unpaired) electrons. The molecule has 0 unspecified atom stereocenters. The Morgan fingerprint density at radius 3 is 2.11 bits per heavy atom. The van der Waals surface area contributed by atoms with Crippen LogP contribution < -0.4 is 5.32 Å². The average molecular weight is 308 g/mol. The molecule has 1 heterocycles. The molecule has 0 aromatic heterocycles. The molecule has 6 heteroatoms. The van der Waals surface area contributed by atoms with Gasteiger partial charge >= 0.3 is 6.03 Å². The van der Waals surface area contributed by atoms with Gasteiger partial charge in [-0.3, -0.25) is 0 Å². The number of rotatable bonds is 1. The third-order valence-electron chi connectivity index (χ3n) is 2.82. The number of halogens is 2. The minimum absolute atomic E-state index is 0.321. The third kappa shape index (κ3) is 6.48. The molecule has 110 valence electrons. The summed E-state index contributed by atoms with van der Waals surface area (Å²) in [6.45, 7) is 7.44. The summed E-state index contributed by atoms with van der Waals surface area (Å²) in [5.74, 6) is 0.465. The molecule has 19 heavy (non-hydrogen) atoms. The highest BCUT2D eigenvalue weighted by Crippen LogP contribution is 2.16. The number of carbonyl (C=O) groups is 1. The standard InChI is InChI=1S/C13H23Cl2N3O/c1-13(2,3)17-12(19)16-11(10(14)15)18-8-6-4-5-7-9-18/h10H,4-9H2,1-3H3,(H,17,19). The summed E-state index contributed by atoms with van der Waals surface area (Å²) in [6.07, 6.45) is 4.57. The summed E-state index contributed by atoms with van der Waals surface area (Å²) in [5.41, 5.74) is -0.321. The number of alkyl halides is 2. The van der Waals surface area contributed by atoms with Crippen molar-refractivity contribution in [3.8, 4) is 0 Å². The number of nitrogens with zero attached hydrogens (tertiary/aromatic N) is 2. The summed E-state index contributed by atoms with van der Waals surface area (Å²) < 4.78 is 0. The zero-order valence-corrected chi connectivity index (χ0v) is 13.4. The molecule has 2 amide bonds. The first kappa shape index (κ1) is 16.6. The Morgan fingerprint density at radius 1 is 1.16 bits per heavy atom. The first-order chi connectivity index (χ1) is 8.79. The highest BCUT2D eigenvalue weighted by Gasteiger charge is 2.22. The number of likely N-dealkylation sites (tertiary alicyclic amines) is 1. The van der Waals surface area contributed by atoms with Gasteiger partial charge in [0.25, 0.3) is 0 Å². The van der Waals surface area contributed by atoms with Crippen LogP contribution in [0.3, 0.4) is 0 Å². The van der Waals surface area contributed by atoms with E-state index in [1.807, 2.05) is 25.7 Å². The number of amides is 2. The SMILES string of the molecule is CC(C)(C)NC(=O)N=C(C(Cl)Cl)N1CCCCCC1. The Balaban J connectivity index is 2.77. The van der Waals surface area contributed by atoms with Gasteiger partial charge in [0, 0.05) is 18.6 Å².